The van der Waals surface area contributed by atoms with Gasteiger partial charge in [-0.3, -0.25) is 4.79 Å². The van der Waals surface area contributed by atoms with Gasteiger partial charge in [0.1, 0.15) is 5.75 Å². The average molecular weight is 321 g/mol. The lowest BCUT2D eigenvalue weighted by molar-refractivity contribution is -0.120. The van der Waals surface area contributed by atoms with Gasteiger partial charge in [0, 0.05) is 26.2 Å². The highest BCUT2D eigenvalue weighted by atomic mass is 16.5. The monoisotopic (exact) mass is 321 g/mol. The SMILES string of the molecule is CCOc1ccc(CC(=O)NCCNC(=O)N(CC)CC)cc1. The third kappa shape index (κ3) is 7.04. The van der Waals surface area contributed by atoms with E-state index in [-0.39, 0.29) is 11.9 Å². The number of hydrogen-bond donors (Lipinski definition) is 2. The number of urea groups is 1. The summed E-state index contributed by atoms with van der Waals surface area (Å²) < 4.78 is 5.36. The van der Waals surface area contributed by atoms with Crippen molar-refractivity contribution in [2.24, 2.45) is 0 Å². The molecule has 3 amide bonds. The summed E-state index contributed by atoms with van der Waals surface area (Å²) in [5.41, 5.74) is 0.929. The minimum absolute atomic E-state index is 0.0637. The lowest BCUT2D eigenvalue weighted by atomic mass is 10.1. The van der Waals surface area contributed by atoms with E-state index in [1.165, 1.54) is 0 Å². The van der Waals surface area contributed by atoms with Crippen LogP contribution in [-0.2, 0) is 11.2 Å². The normalized spacial score (nSPS) is 10.0. The van der Waals surface area contributed by atoms with Gasteiger partial charge in [0.05, 0.1) is 13.0 Å². The molecule has 0 unspecified atom stereocenters. The van der Waals surface area contributed by atoms with Gasteiger partial charge in [-0.25, -0.2) is 4.79 Å². The molecule has 0 atom stereocenters. The third-order valence-corrected chi connectivity index (χ3v) is 3.37. The quantitative estimate of drug-likeness (QED) is 0.681. The molecule has 0 spiro atoms. The van der Waals surface area contributed by atoms with Crippen LogP contribution >= 0.6 is 0 Å². The van der Waals surface area contributed by atoms with Gasteiger partial charge in [0.25, 0.3) is 0 Å². The van der Waals surface area contributed by atoms with E-state index in [0.717, 1.165) is 11.3 Å². The lowest BCUT2D eigenvalue weighted by Gasteiger charge is -2.19. The van der Waals surface area contributed by atoms with Gasteiger partial charge in [0.15, 0.2) is 0 Å². The van der Waals surface area contributed by atoms with Crippen LogP contribution in [0.25, 0.3) is 0 Å². The van der Waals surface area contributed by atoms with Crippen LogP contribution in [0.15, 0.2) is 24.3 Å². The molecule has 6 heteroatoms. The summed E-state index contributed by atoms with van der Waals surface area (Å²) in [6.07, 6.45) is 0.316. The molecule has 128 valence electrons. The summed E-state index contributed by atoms with van der Waals surface area (Å²) in [5, 5.41) is 5.58. The molecule has 0 radical (unpaired) electrons. The second kappa shape index (κ2) is 10.5. The van der Waals surface area contributed by atoms with Crippen LogP contribution in [0.1, 0.15) is 26.3 Å². The van der Waals surface area contributed by atoms with E-state index in [1.54, 1.807) is 4.90 Å². The Balaban J connectivity index is 2.25. The van der Waals surface area contributed by atoms with Crippen molar-refractivity contribution in [3.05, 3.63) is 29.8 Å². The highest BCUT2D eigenvalue weighted by Gasteiger charge is 2.08. The molecule has 0 aliphatic rings. The Labute approximate surface area is 138 Å². The summed E-state index contributed by atoms with van der Waals surface area (Å²) in [6.45, 7) is 8.61. The van der Waals surface area contributed by atoms with Crippen molar-refractivity contribution in [3.8, 4) is 5.75 Å². The van der Waals surface area contributed by atoms with Gasteiger partial charge in [-0.15, -0.1) is 0 Å². The number of nitrogens with one attached hydrogen (secondary N) is 2. The van der Waals surface area contributed by atoms with Gasteiger partial charge in [-0.2, -0.15) is 0 Å². The van der Waals surface area contributed by atoms with Crippen molar-refractivity contribution in [3.63, 3.8) is 0 Å². The Morgan fingerprint density at radius 2 is 1.61 bits per heavy atom. The average Bonchev–Trinajstić information content (AvgIpc) is 2.55. The maximum Gasteiger partial charge on any atom is 0.317 e. The first-order chi connectivity index (χ1) is 11.1. The highest BCUT2D eigenvalue weighted by molar-refractivity contribution is 5.78. The van der Waals surface area contributed by atoms with Crippen molar-refractivity contribution < 1.29 is 14.3 Å². The number of nitrogens with zero attached hydrogens (tertiary/aromatic N) is 1. The molecule has 0 heterocycles. The summed E-state index contributed by atoms with van der Waals surface area (Å²) in [5.74, 6) is 0.738. The van der Waals surface area contributed by atoms with Crippen LogP contribution in [0.2, 0.25) is 0 Å². The van der Waals surface area contributed by atoms with Crippen molar-refractivity contribution >= 4 is 11.9 Å². The van der Waals surface area contributed by atoms with E-state index >= 15 is 0 Å². The minimum atomic E-state index is -0.101. The Bertz CT molecular complexity index is 484. The molecule has 1 aromatic carbocycles. The molecule has 0 fully saturated rings. The number of hydrogen-bond acceptors (Lipinski definition) is 3. The van der Waals surface area contributed by atoms with E-state index in [9.17, 15) is 9.59 Å². The number of rotatable bonds is 9. The Kier molecular flexibility index (Phi) is 8.57. The van der Waals surface area contributed by atoms with Gasteiger partial charge >= 0.3 is 6.03 Å². The molecule has 2 N–H and O–H groups in total. The van der Waals surface area contributed by atoms with E-state index < -0.39 is 0 Å². The molecule has 6 nitrogen and oxygen atoms in total. The van der Waals surface area contributed by atoms with Gasteiger partial charge in [-0.05, 0) is 38.5 Å². The molecular weight excluding hydrogens is 294 g/mol. The smallest absolute Gasteiger partial charge is 0.317 e. The van der Waals surface area contributed by atoms with Crippen LogP contribution in [0.3, 0.4) is 0 Å². The maximum atomic E-state index is 11.8. The molecule has 0 bridgehead atoms. The molecular formula is C17H27N3O3. The number of ether oxygens (including phenoxy) is 1. The first kappa shape index (κ1) is 18.8. The second-order valence-electron chi connectivity index (χ2n) is 5.01. The third-order valence-electron chi connectivity index (χ3n) is 3.37. The van der Waals surface area contributed by atoms with E-state index in [1.807, 2.05) is 45.0 Å². The van der Waals surface area contributed by atoms with E-state index in [2.05, 4.69) is 10.6 Å². The molecule has 0 aliphatic heterocycles. The fraction of sp³-hybridized carbons (Fsp3) is 0.529. The van der Waals surface area contributed by atoms with Crippen molar-refractivity contribution in [1.82, 2.24) is 15.5 Å². The predicted octanol–water partition coefficient (Wildman–Crippen LogP) is 1.80. The number of carbonyl (C=O) groups excluding carboxylic acids is 2. The maximum absolute atomic E-state index is 11.8. The standard InChI is InChI=1S/C17H27N3O3/c1-4-20(5-2)17(22)19-12-11-18-16(21)13-14-7-9-15(10-8-14)23-6-3/h7-10H,4-6,11-13H2,1-3H3,(H,18,21)(H,19,22). The minimum Gasteiger partial charge on any atom is -0.494 e. The van der Waals surface area contributed by atoms with E-state index in [4.69, 9.17) is 4.74 Å². The lowest BCUT2D eigenvalue weighted by Crippen LogP contribution is -2.43. The molecule has 0 saturated heterocycles. The van der Waals surface area contributed by atoms with Gasteiger partial charge in [-0.1, -0.05) is 12.1 Å². The van der Waals surface area contributed by atoms with Crippen LogP contribution in [-0.4, -0.2) is 49.6 Å². The fourth-order valence-corrected chi connectivity index (χ4v) is 2.11. The predicted molar refractivity (Wildman–Crippen MR) is 90.6 cm³/mol. The Hall–Kier alpha value is -2.24. The van der Waals surface area contributed by atoms with Crippen LogP contribution in [0.5, 0.6) is 5.75 Å². The molecule has 0 aliphatic carbocycles. The van der Waals surface area contributed by atoms with Crippen molar-refractivity contribution in [2.45, 2.75) is 27.2 Å². The second-order valence-corrected chi connectivity index (χ2v) is 5.01. The molecule has 0 aromatic heterocycles. The first-order valence-corrected chi connectivity index (χ1v) is 8.11. The van der Waals surface area contributed by atoms with Crippen LogP contribution in [0.4, 0.5) is 4.79 Å². The zero-order chi connectivity index (χ0) is 17.1. The molecule has 1 rings (SSSR count). The molecule has 23 heavy (non-hydrogen) atoms. The van der Waals surface area contributed by atoms with Gasteiger partial charge in [0.2, 0.25) is 5.91 Å². The van der Waals surface area contributed by atoms with Crippen LogP contribution in [0, 0.1) is 0 Å². The first-order valence-electron chi connectivity index (χ1n) is 8.11. The molecule has 1 aromatic rings. The summed E-state index contributed by atoms with van der Waals surface area (Å²) in [4.78, 5) is 25.3. The summed E-state index contributed by atoms with van der Waals surface area (Å²) >= 11 is 0. The number of benzene rings is 1. The zero-order valence-corrected chi connectivity index (χ0v) is 14.2. The Morgan fingerprint density at radius 1 is 1.00 bits per heavy atom. The van der Waals surface area contributed by atoms with Crippen LogP contribution < -0.4 is 15.4 Å². The topological polar surface area (TPSA) is 70.7 Å². The van der Waals surface area contributed by atoms with Gasteiger partial charge < -0.3 is 20.3 Å². The summed E-state index contributed by atoms with van der Waals surface area (Å²) in [7, 11) is 0. The largest absolute Gasteiger partial charge is 0.494 e. The van der Waals surface area contributed by atoms with Crippen molar-refractivity contribution in [1.29, 1.82) is 0 Å². The van der Waals surface area contributed by atoms with E-state index in [0.29, 0.717) is 39.2 Å². The summed E-state index contributed by atoms with van der Waals surface area (Å²) in [6, 6.07) is 7.38. The fourth-order valence-electron chi connectivity index (χ4n) is 2.11. The number of carbonyl (C=O) groups is 2. The zero-order valence-electron chi connectivity index (χ0n) is 14.2. The molecule has 0 saturated carbocycles. The Morgan fingerprint density at radius 3 is 2.17 bits per heavy atom. The highest BCUT2D eigenvalue weighted by Crippen LogP contribution is 2.12. The number of amides is 3. The van der Waals surface area contributed by atoms with Crippen molar-refractivity contribution in [2.75, 3.05) is 32.8 Å².